The maximum Gasteiger partial charge on any atom is 0.185 e. The Morgan fingerprint density at radius 3 is 2.82 bits per heavy atom. The molecule has 3 heteroatoms. The summed E-state index contributed by atoms with van der Waals surface area (Å²) < 4.78 is 0. The van der Waals surface area contributed by atoms with Gasteiger partial charge in [-0.2, -0.15) is 0 Å². The summed E-state index contributed by atoms with van der Waals surface area (Å²) in [6, 6.07) is 0. The normalized spacial score (nSPS) is 18.7. The van der Waals surface area contributed by atoms with Crippen LogP contribution in [0.4, 0.5) is 5.13 Å². The highest BCUT2D eigenvalue weighted by atomic mass is 32.1. The fourth-order valence-electron chi connectivity index (χ4n) is 1.42. The molecule has 2 heterocycles. The molecule has 1 aromatic rings. The van der Waals surface area contributed by atoms with E-state index >= 15 is 0 Å². The summed E-state index contributed by atoms with van der Waals surface area (Å²) >= 11 is 1.69. The number of piperidine rings is 1. The Hall–Kier alpha value is -0.570. The topological polar surface area (TPSA) is 16.1 Å². The molecule has 0 atom stereocenters. The molecule has 0 unspecified atom stereocenters. The van der Waals surface area contributed by atoms with E-state index in [0.717, 1.165) is 5.13 Å². The fourth-order valence-corrected chi connectivity index (χ4v) is 2.07. The molecule has 1 radical (unpaired) electrons. The first kappa shape index (κ1) is 7.10. The van der Waals surface area contributed by atoms with Crippen LogP contribution in [0.1, 0.15) is 19.3 Å². The summed E-state index contributed by atoms with van der Waals surface area (Å²) in [6.07, 6.45) is 6.87. The van der Waals surface area contributed by atoms with Crippen molar-refractivity contribution in [3.63, 3.8) is 0 Å². The van der Waals surface area contributed by atoms with Crippen molar-refractivity contribution in [2.75, 3.05) is 18.0 Å². The molecule has 0 aliphatic carbocycles. The molecule has 0 spiro atoms. The van der Waals surface area contributed by atoms with Gasteiger partial charge in [-0.15, -0.1) is 11.3 Å². The summed E-state index contributed by atoms with van der Waals surface area (Å²) in [7, 11) is 0. The molecule has 1 saturated heterocycles. The van der Waals surface area contributed by atoms with E-state index in [0.29, 0.717) is 0 Å². The number of nitrogens with zero attached hydrogens (tertiary/aromatic N) is 2. The maximum absolute atomic E-state index is 4.16. The first-order valence-corrected chi connectivity index (χ1v) is 4.91. The molecule has 1 aromatic heterocycles. The Bertz CT molecular complexity index is 202. The Morgan fingerprint density at radius 1 is 1.36 bits per heavy atom. The molecular formula is C8H11N2S. The van der Waals surface area contributed by atoms with Gasteiger partial charge < -0.3 is 4.90 Å². The average Bonchev–Trinajstić information content (AvgIpc) is 2.58. The van der Waals surface area contributed by atoms with Crippen molar-refractivity contribution in [1.29, 1.82) is 0 Å². The van der Waals surface area contributed by atoms with Crippen LogP contribution in [0.15, 0.2) is 5.38 Å². The molecule has 0 aromatic carbocycles. The van der Waals surface area contributed by atoms with E-state index in [9.17, 15) is 0 Å². The summed E-state index contributed by atoms with van der Waals surface area (Å²) in [5, 5.41) is 3.06. The van der Waals surface area contributed by atoms with Gasteiger partial charge in [0.2, 0.25) is 0 Å². The molecular weight excluding hydrogens is 156 g/mol. The van der Waals surface area contributed by atoms with Gasteiger partial charge in [-0.25, -0.2) is 4.98 Å². The average molecular weight is 167 g/mol. The first-order valence-electron chi connectivity index (χ1n) is 4.03. The smallest absolute Gasteiger partial charge is 0.185 e. The van der Waals surface area contributed by atoms with E-state index in [1.807, 2.05) is 5.38 Å². The zero-order valence-electron chi connectivity index (χ0n) is 6.42. The molecule has 2 nitrogen and oxygen atoms in total. The molecule has 0 N–H and O–H groups in total. The van der Waals surface area contributed by atoms with Gasteiger partial charge in [-0.3, -0.25) is 0 Å². The zero-order chi connectivity index (χ0) is 7.52. The van der Waals surface area contributed by atoms with Gasteiger partial charge in [0.1, 0.15) is 6.20 Å². The highest BCUT2D eigenvalue weighted by Gasteiger charge is 2.11. The molecule has 0 bridgehead atoms. The number of hydrogen-bond acceptors (Lipinski definition) is 3. The fraction of sp³-hybridized carbons (Fsp3) is 0.625. The number of hydrogen-bond donors (Lipinski definition) is 0. The second-order valence-electron chi connectivity index (χ2n) is 2.81. The van der Waals surface area contributed by atoms with Crippen molar-refractivity contribution in [2.24, 2.45) is 0 Å². The van der Waals surface area contributed by atoms with Gasteiger partial charge in [-0.05, 0) is 19.3 Å². The second kappa shape index (κ2) is 3.22. The summed E-state index contributed by atoms with van der Waals surface area (Å²) in [5.41, 5.74) is 0. The van der Waals surface area contributed by atoms with E-state index in [1.54, 1.807) is 11.3 Å². The number of aromatic nitrogens is 1. The third kappa shape index (κ3) is 1.53. The van der Waals surface area contributed by atoms with E-state index in [2.05, 4.69) is 16.1 Å². The van der Waals surface area contributed by atoms with Crippen molar-refractivity contribution in [3.05, 3.63) is 11.6 Å². The molecule has 0 amide bonds. The lowest BCUT2D eigenvalue weighted by molar-refractivity contribution is 0.577. The first-order chi connectivity index (χ1) is 5.47. The van der Waals surface area contributed by atoms with Crippen molar-refractivity contribution in [1.82, 2.24) is 4.98 Å². The van der Waals surface area contributed by atoms with Gasteiger partial charge >= 0.3 is 0 Å². The van der Waals surface area contributed by atoms with Crippen molar-refractivity contribution in [2.45, 2.75) is 19.3 Å². The van der Waals surface area contributed by atoms with E-state index < -0.39 is 0 Å². The zero-order valence-corrected chi connectivity index (χ0v) is 7.23. The standard InChI is InChI=1S/C8H11N2S/c1-2-5-10(6-3-1)8-9-4-7-11-8/h7H,1-3,5-6H2. The molecule has 0 saturated carbocycles. The lowest BCUT2D eigenvalue weighted by Crippen LogP contribution is -2.29. The summed E-state index contributed by atoms with van der Waals surface area (Å²) in [6.45, 7) is 2.36. The quantitative estimate of drug-likeness (QED) is 0.635. The lowest BCUT2D eigenvalue weighted by Gasteiger charge is -2.25. The number of anilines is 1. The van der Waals surface area contributed by atoms with Crippen LogP contribution in [-0.2, 0) is 0 Å². The van der Waals surface area contributed by atoms with Gasteiger partial charge in [0.05, 0.1) is 0 Å². The molecule has 1 aliphatic heterocycles. The van der Waals surface area contributed by atoms with Crippen LogP contribution in [0.25, 0.3) is 0 Å². The Kier molecular flexibility index (Phi) is 2.08. The van der Waals surface area contributed by atoms with Crippen LogP contribution in [-0.4, -0.2) is 18.1 Å². The Morgan fingerprint density at radius 2 is 2.18 bits per heavy atom. The van der Waals surface area contributed by atoms with Gasteiger partial charge in [0.25, 0.3) is 0 Å². The molecule has 59 valence electrons. The van der Waals surface area contributed by atoms with Gasteiger partial charge in [0, 0.05) is 18.5 Å². The van der Waals surface area contributed by atoms with Gasteiger partial charge in [-0.1, -0.05) is 0 Å². The third-order valence-electron chi connectivity index (χ3n) is 2.00. The Labute approximate surface area is 70.9 Å². The maximum atomic E-state index is 4.16. The molecule has 1 fully saturated rings. The Balaban J connectivity index is 2.04. The van der Waals surface area contributed by atoms with Crippen molar-refractivity contribution >= 4 is 16.5 Å². The summed E-state index contributed by atoms with van der Waals surface area (Å²) in [4.78, 5) is 6.51. The van der Waals surface area contributed by atoms with Crippen LogP contribution in [0.2, 0.25) is 0 Å². The van der Waals surface area contributed by atoms with Crippen LogP contribution in [0, 0.1) is 6.20 Å². The summed E-state index contributed by atoms with van der Waals surface area (Å²) in [5.74, 6) is 0. The highest BCUT2D eigenvalue weighted by Crippen LogP contribution is 2.20. The van der Waals surface area contributed by atoms with Crippen molar-refractivity contribution in [3.8, 4) is 0 Å². The predicted octanol–water partition coefficient (Wildman–Crippen LogP) is 1.93. The lowest BCUT2D eigenvalue weighted by atomic mass is 10.1. The van der Waals surface area contributed by atoms with Crippen LogP contribution in [0.5, 0.6) is 0 Å². The van der Waals surface area contributed by atoms with E-state index in [1.165, 1.54) is 32.4 Å². The third-order valence-corrected chi connectivity index (χ3v) is 2.79. The largest absolute Gasteiger partial charge is 0.348 e. The molecule has 2 rings (SSSR count). The minimum Gasteiger partial charge on any atom is -0.348 e. The SMILES string of the molecule is [c]1csc(N2CCCCC2)n1. The van der Waals surface area contributed by atoms with Crippen LogP contribution < -0.4 is 4.90 Å². The molecule has 1 aliphatic rings. The van der Waals surface area contributed by atoms with Crippen LogP contribution in [0.3, 0.4) is 0 Å². The van der Waals surface area contributed by atoms with Crippen molar-refractivity contribution < 1.29 is 0 Å². The number of rotatable bonds is 1. The van der Waals surface area contributed by atoms with Gasteiger partial charge in [0.15, 0.2) is 5.13 Å². The van der Waals surface area contributed by atoms with E-state index in [4.69, 9.17) is 0 Å². The minimum absolute atomic E-state index is 1.14. The van der Waals surface area contributed by atoms with Crippen LogP contribution >= 0.6 is 11.3 Å². The minimum atomic E-state index is 1.14. The molecule has 11 heavy (non-hydrogen) atoms. The monoisotopic (exact) mass is 167 g/mol. The predicted molar refractivity (Wildman–Crippen MR) is 47.0 cm³/mol. The number of thiazole rings is 1. The second-order valence-corrected chi connectivity index (χ2v) is 3.64. The van der Waals surface area contributed by atoms with E-state index in [-0.39, 0.29) is 0 Å². The highest BCUT2D eigenvalue weighted by molar-refractivity contribution is 7.13.